The average Bonchev–Trinajstić information content (AvgIpc) is 3.26. The van der Waals surface area contributed by atoms with Gasteiger partial charge in [0.15, 0.2) is 6.10 Å². The average molecular weight is 913 g/mol. The van der Waals surface area contributed by atoms with Gasteiger partial charge in [0.1, 0.15) is 43.2 Å². The first-order chi connectivity index (χ1) is 30.4. The van der Waals surface area contributed by atoms with Crippen molar-refractivity contribution >= 4 is 19.8 Å². The molecular formula is C49H85O13P. The van der Waals surface area contributed by atoms with Gasteiger partial charge in [-0.3, -0.25) is 18.6 Å². The minimum absolute atomic E-state index is 0.0177. The van der Waals surface area contributed by atoms with Crippen LogP contribution >= 0.6 is 7.82 Å². The second kappa shape index (κ2) is 38.8. The van der Waals surface area contributed by atoms with E-state index in [1.54, 1.807) is 0 Å². The number of esters is 2. The van der Waals surface area contributed by atoms with E-state index >= 15 is 0 Å². The molecule has 6 N–H and O–H groups in total. The summed E-state index contributed by atoms with van der Waals surface area (Å²) in [7, 11) is -5.14. The van der Waals surface area contributed by atoms with Gasteiger partial charge in [-0.25, -0.2) is 4.57 Å². The summed E-state index contributed by atoms with van der Waals surface area (Å²) < 4.78 is 33.5. The SMILES string of the molecule is CC/C=C/C/C=C/C/C=C/C/C=C/C/C=C/CCCC(=O)O[C@@H](COC(=O)CCCCCCCCCCCCCCCCCCC)COP(=O)(O)OC1C(O)C(O)C(O)[C@H](O)C1O. The van der Waals surface area contributed by atoms with Crippen molar-refractivity contribution in [2.45, 2.75) is 224 Å². The summed E-state index contributed by atoms with van der Waals surface area (Å²) in [6, 6.07) is 0. The third kappa shape index (κ3) is 31.2. The number of carbonyl (C=O) groups is 2. The van der Waals surface area contributed by atoms with E-state index in [-0.39, 0.29) is 12.8 Å². The van der Waals surface area contributed by atoms with Crippen molar-refractivity contribution in [1.29, 1.82) is 0 Å². The fourth-order valence-electron chi connectivity index (χ4n) is 7.03. The summed E-state index contributed by atoms with van der Waals surface area (Å²) in [4.78, 5) is 35.7. The Morgan fingerprint density at radius 2 is 0.905 bits per heavy atom. The number of aliphatic hydroxyl groups is 5. The van der Waals surface area contributed by atoms with Crippen LogP contribution in [0.5, 0.6) is 0 Å². The number of unbranched alkanes of at least 4 members (excludes halogenated alkanes) is 17. The van der Waals surface area contributed by atoms with E-state index in [1.807, 2.05) is 12.2 Å². The van der Waals surface area contributed by atoms with Gasteiger partial charge >= 0.3 is 19.8 Å². The molecule has 0 heterocycles. The Hall–Kier alpha value is -2.45. The molecule has 6 unspecified atom stereocenters. The molecule has 364 valence electrons. The van der Waals surface area contributed by atoms with E-state index in [9.17, 15) is 44.6 Å². The second-order valence-electron chi connectivity index (χ2n) is 16.6. The molecule has 0 aromatic heterocycles. The molecule has 14 heteroatoms. The van der Waals surface area contributed by atoms with Crippen molar-refractivity contribution in [2.75, 3.05) is 13.2 Å². The second-order valence-corrected chi connectivity index (χ2v) is 18.0. The van der Waals surface area contributed by atoms with Crippen LogP contribution in [0.1, 0.15) is 181 Å². The van der Waals surface area contributed by atoms with Gasteiger partial charge in [0.25, 0.3) is 0 Å². The highest BCUT2D eigenvalue weighted by molar-refractivity contribution is 7.47. The van der Waals surface area contributed by atoms with Gasteiger partial charge in [0.05, 0.1) is 6.61 Å². The minimum Gasteiger partial charge on any atom is -0.462 e. The monoisotopic (exact) mass is 913 g/mol. The lowest BCUT2D eigenvalue weighted by atomic mass is 9.85. The van der Waals surface area contributed by atoms with Gasteiger partial charge in [-0.05, 0) is 51.4 Å². The van der Waals surface area contributed by atoms with Crippen molar-refractivity contribution in [3.63, 3.8) is 0 Å². The normalized spacial score (nSPS) is 22.2. The van der Waals surface area contributed by atoms with E-state index in [0.717, 1.165) is 51.4 Å². The van der Waals surface area contributed by atoms with Crippen LogP contribution in [-0.2, 0) is 32.7 Å². The van der Waals surface area contributed by atoms with E-state index in [1.165, 1.54) is 83.5 Å². The lowest BCUT2D eigenvalue weighted by molar-refractivity contribution is -0.220. The lowest BCUT2D eigenvalue weighted by Gasteiger charge is -2.41. The van der Waals surface area contributed by atoms with E-state index in [4.69, 9.17) is 18.5 Å². The molecule has 63 heavy (non-hydrogen) atoms. The molecule has 13 nitrogen and oxygen atoms in total. The summed E-state index contributed by atoms with van der Waals surface area (Å²) in [5.74, 6) is -1.17. The van der Waals surface area contributed by atoms with E-state index < -0.39 is 75.7 Å². The Bertz CT molecular complexity index is 1330. The largest absolute Gasteiger partial charge is 0.472 e. The van der Waals surface area contributed by atoms with Crippen molar-refractivity contribution in [3.8, 4) is 0 Å². The number of rotatable bonds is 39. The molecule has 1 rings (SSSR count). The topological polar surface area (TPSA) is 210 Å². The summed E-state index contributed by atoms with van der Waals surface area (Å²) in [6.45, 7) is 3.15. The van der Waals surface area contributed by atoms with Crippen LogP contribution < -0.4 is 0 Å². The molecule has 0 spiro atoms. The van der Waals surface area contributed by atoms with Crippen LogP contribution in [0.25, 0.3) is 0 Å². The first-order valence-corrected chi connectivity index (χ1v) is 25.6. The van der Waals surface area contributed by atoms with Crippen LogP contribution in [-0.4, -0.2) is 98.3 Å². The van der Waals surface area contributed by atoms with Crippen LogP contribution in [0, 0.1) is 0 Å². The summed E-state index contributed by atoms with van der Waals surface area (Å²) in [5, 5.41) is 50.2. The van der Waals surface area contributed by atoms with Gasteiger partial charge in [-0.2, -0.15) is 0 Å². The molecule has 0 radical (unpaired) electrons. The maximum atomic E-state index is 12.8. The van der Waals surface area contributed by atoms with Gasteiger partial charge in [0.2, 0.25) is 0 Å². The first kappa shape index (κ1) is 58.6. The maximum Gasteiger partial charge on any atom is 0.472 e. The Kier molecular flexibility index (Phi) is 36.1. The maximum absolute atomic E-state index is 12.8. The van der Waals surface area contributed by atoms with Gasteiger partial charge in [-0.1, -0.05) is 177 Å². The zero-order valence-corrected chi connectivity index (χ0v) is 39.5. The van der Waals surface area contributed by atoms with Crippen LogP contribution in [0.2, 0.25) is 0 Å². The van der Waals surface area contributed by atoms with Crippen molar-refractivity contribution in [1.82, 2.24) is 0 Å². The zero-order chi connectivity index (χ0) is 46.4. The highest BCUT2D eigenvalue weighted by atomic mass is 31.2. The van der Waals surface area contributed by atoms with Gasteiger partial charge in [0, 0.05) is 12.8 Å². The van der Waals surface area contributed by atoms with Crippen molar-refractivity contribution < 1.29 is 63.1 Å². The summed E-state index contributed by atoms with van der Waals surface area (Å²) >= 11 is 0. The molecule has 0 saturated heterocycles. The number of carbonyl (C=O) groups excluding carboxylic acids is 2. The minimum atomic E-state index is -5.14. The van der Waals surface area contributed by atoms with E-state index in [0.29, 0.717) is 19.3 Å². The third-order valence-corrected chi connectivity index (χ3v) is 11.9. The number of ether oxygens (including phenoxy) is 2. The Morgan fingerprint density at radius 3 is 1.37 bits per heavy atom. The Balaban J connectivity index is 2.48. The number of allylic oxidation sites excluding steroid dienone is 10. The fraction of sp³-hybridized carbons (Fsp3) is 0.755. The van der Waals surface area contributed by atoms with E-state index in [2.05, 4.69) is 62.5 Å². The summed E-state index contributed by atoms with van der Waals surface area (Å²) in [5.41, 5.74) is 0. The predicted octanol–water partition coefficient (Wildman–Crippen LogP) is 9.73. The molecule has 0 amide bonds. The number of hydrogen-bond acceptors (Lipinski definition) is 12. The van der Waals surface area contributed by atoms with Gasteiger partial charge < -0.3 is 39.9 Å². The van der Waals surface area contributed by atoms with Crippen LogP contribution in [0.4, 0.5) is 0 Å². The number of phosphoric acid groups is 1. The highest BCUT2D eigenvalue weighted by Crippen LogP contribution is 2.47. The van der Waals surface area contributed by atoms with Crippen LogP contribution in [0.3, 0.4) is 0 Å². The number of aliphatic hydroxyl groups excluding tert-OH is 5. The lowest BCUT2D eigenvalue weighted by Crippen LogP contribution is -2.64. The molecule has 0 aliphatic heterocycles. The molecule has 0 aromatic carbocycles. The first-order valence-electron chi connectivity index (χ1n) is 24.1. The molecule has 0 bridgehead atoms. The molecule has 1 aliphatic rings. The number of phosphoric ester groups is 1. The number of hydrogen-bond donors (Lipinski definition) is 6. The molecule has 1 fully saturated rings. The molecular weight excluding hydrogens is 828 g/mol. The highest BCUT2D eigenvalue weighted by Gasteiger charge is 2.51. The standard InChI is InChI=1S/C49H85O13P/c1-3-5-7-9-11-13-15-17-19-21-23-25-27-29-31-33-35-37-42(50)59-39-41(40-60-63(57,58)62-49-47(55)45(53)44(52)46(54)48(49)56)61-43(51)38-36-34-32-30-28-26-24-22-20-18-16-14-12-10-8-6-4-2/h6,8,12,14,18,20,24,26,30,32,41,44-49,52-56H,3-5,7,9-11,13,15-17,19,21-23,25,27-29,31,33-40H2,1-2H3,(H,57,58)/b8-6+,14-12+,20-18+,26-24+,32-30+/t41-,44?,45-,46?,47?,48?,49?/m0/s1. The molecule has 1 saturated carbocycles. The quantitative estimate of drug-likeness (QED) is 0.0147. The molecule has 1 aliphatic carbocycles. The molecule has 0 aromatic rings. The summed E-state index contributed by atoms with van der Waals surface area (Å²) in [6.07, 6.45) is 34.2. The predicted molar refractivity (Wildman–Crippen MR) is 249 cm³/mol. The Morgan fingerprint density at radius 1 is 0.508 bits per heavy atom. The Labute approximate surface area is 379 Å². The molecule has 8 atom stereocenters. The van der Waals surface area contributed by atoms with Gasteiger partial charge in [-0.15, -0.1) is 0 Å². The fourth-order valence-corrected chi connectivity index (χ4v) is 8.00. The third-order valence-electron chi connectivity index (χ3n) is 10.9. The van der Waals surface area contributed by atoms with Crippen molar-refractivity contribution in [3.05, 3.63) is 60.8 Å². The smallest absolute Gasteiger partial charge is 0.462 e. The van der Waals surface area contributed by atoms with Crippen molar-refractivity contribution in [2.24, 2.45) is 0 Å². The van der Waals surface area contributed by atoms with Crippen LogP contribution in [0.15, 0.2) is 60.8 Å². The zero-order valence-electron chi connectivity index (χ0n) is 38.6.